The van der Waals surface area contributed by atoms with Gasteiger partial charge in [0.1, 0.15) is 13.3 Å². The Labute approximate surface area is 94.3 Å². The van der Waals surface area contributed by atoms with Gasteiger partial charge in [0.15, 0.2) is 0 Å². The summed E-state index contributed by atoms with van der Waals surface area (Å²) in [5, 5.41) is 0. The van der Waals surface area contributed by atoms with Crippen molar-refractivity contribution in [3.63, 3.8) is 0 Å². The molecule has 0 saturated carbocycles. The van der Waals surface area contributed by atoms with Crippen LogP contribution in [0.4, 0.5) is 0 Å². The smallest absolute Gasteiger partial charge is 0.140 e. The summed E-state index contributed by atoms with van der Waals surface area (Å²) in [7, 11) is 0. The summed E-state index contributed by atoms with van der Waals surface area (Å²) >= 11 is 0. The van der Waals surface area contributed by atoms with Gasteiger partial charge in [0, 0.05) is 6.42 Å². The lowest BCUT2D eigenvalue weighted by atomic mass is 9.94. The zero-order chi connectivity index (χ0) is 11.7. The van der Waals surface area contributed by atoms with E-state index >= 15 is 0 Å². The maximum absolute atomic E-state index is 3.84. The van der Waals surface area contributed by atoms with Gasteiger partial charge in [-0.25, -0.2) is 0 Å². The molecule has 0 aliphatic rings. The molecule has 0 aromatic heterocycles. The van der Waals surface area contributed by atoms with Crippen molar-refractivity contribution in [2.45, 2.75) is 40.0 Å². The summed E-state index contributed by atoms with van der Waals surface area (Å²) in [4.78, 5) is 2.93. The Morgan fingerprint density at radius 2 is 2.07 bits per heavy atom. The normalized spacial score (nSPS) is 13.4. The monoisotopic (exact) mass is 206 g/mol. The van der Waals surface area contributed by atoms with E-state index in [0.717, 1.165) is 25.8 Å². The minimum atomic E-state index is 0.974. The van der Waals surface area contributed by atoms with Gasteiger partial charge < -0.3 is 0 Å². The first kappa shape index (κ1) is 13.9. The Hall–Kier alpha value is -1.11. The van der Waals surface area contributed by atoms with Crippen LogP contribution >= 0.6 is 0 Å². The van der Waals surface area contributed by atoms with Crippen LogP contribution in [0.1, 0.15) is 40.0 Å². The molecule has 0 atom stereocenters. The molecule has 0 saturated heterocycles. The third-order valence-corrected chi connectivity index (χ3v) is 2.67. The van der Waals surface area contributed by atoms with Gasteiger partial charge >= 0.3 is 0 Å². The molecule has 0 aliphatic heterocycles. The Bertz CT molecular complexity index is 269. The topological polar surface area (TPSA) is 14.0 Å². The van der Waals surface area contributed by atoms with Crippen molar-refractivity contribution in [3.8, 4) is 0 Å². The molecule has 0 rings (SSSR count). The fourth-order valence-electron chi connectivity index (χ4n) is 1.76. The Kier molecular flexibility index (Phi) is 7.61. The predicted molar refractivity (Wildman–Crippen MR) is 69.1 cm³/mol. The quantitative estimate of drug-likeness (QED) is 0.373. The lowest BCUT2D eigenvalue weighted by Gasteiger charge is -2.11. The van der Waals surface area contributed by atoms with Gasteiger partial charge in [-0.2, -0.15) is 0 Å². The summed E-state index contributed by atoms with van der Waals surface area (Å²) in [6, 6.07) is 0. The fraction of sp³-hybridized carbons (Fsp3) is 0.500. The van der Waals surface area contributed by atoms with E-state index in [-0.39, 0.29) is 0 Å². The number of hydrogen-bond donors (Lipinski definition) is 1. The minimum Gasteiger partial charge on any atom is -0.254 e. The summed E-state index contributed by atoms with van der Waals surface area (Å²) in [5.74, 6) is 0. The molecule has 1 heteroatoms. The Balaban J connectivity index is 4.64. The van der Waals surface area contributed by atoms with Crippen molar-refractivity contribution in [3.05, 3.63) is 35.5 Å². The molecule has 0 radical (unpaired) electrons. The zero-order valence-corrected chi connectivity index (χ0v) is 10.4. The molecule has 0 fully saturated rings. The van der Waals surface area contributed by atoms with Crippen molar-refractivity contribution in [1.82, 2.24) is 0 Å². The lowest BCUT2D eigenvalue weighted by Crippen LogP contribution is -2.65. The first-order valence-electron chi connectivity index (χ1n) is 5.68. The van der Waals surface area contributed by atoms with E-state index in [0.29, 0.717) is 0 Å². The molecule has 0 spiro atoms. The third-order valence-electron chi connectivity index (χ3n) is 2.67. The second-order valence-electron chi connectivity index (χ2n) is 3.64. The van der Waals surface area contributed by atoms with Crippen molar-refractivity contribution in [1.29, 1.82) is 0 Å². The number of rotatable bonds is 7. The van der Waals surface area contributed by atoms with Gasteiger partial charge in [-0.15, -0.1) is 0 Å². The van der Waals surface area contributed by atoms with Gasteiger partial charge in [-0.1, -0.05) is 25.7 Å². The summed E-state index contributed by atoms with van der Waals surface area (Å²) in [6.07, 6.45) is 7.50. The van der Waals surface area contributed by atoms with Crippen LogP contribution in [0.5, 0.6) is 0 Å². The van der Waals surface area contributed by atoms with E-state index in [2.05, 4.69) is 45.1 Å². The Morgan fingerprint density at radius 1 is 1.40 bits per heavy atom. The highest BCUT2D eigenvalue weighted by Gasteiger charge is 2.05. The van der Waals surface area contributed by atoms with Crippen LogP contribution in [0, 0.1) is 0 Å². The van der Waals surface area contributed by atoms with E-state index in [4.69, 9.17) is 0 Å². The van der Waals surface area contributed by atoms with E-state index in [9.17, 15) is 0 Å². The second-order valence-corrected chi connectivity index (χ2v) is 3.64. The minimum absolute atomic E-state index is 0.974. The molecule has 0 amide bonds. The van der Waals surface area contributed by atoms with Gasteiger partial charge in [-0.3, -0.25) is 4.99 Å². The van der Waals surface area contributed by atoms with E-state index in [1.807, 2.05) is 6.08 Å². The third kappa shape index (κ3) is 4.78. The zero-order valence-electron chi connectivity index (χ0n) is 10.4. The molecule has 84 valence electrons. The second kappa shape index (κ2) is 8.22. The molecule has 1 nitrogen and oxygen atoms in total. The first-order valence-corrected chi connectivity index (χ1v) is 5.68. The molecule has 0 unspecified atom stereocenters. The molecule has 0 aliphatic carbocycles. The molecule has 0 heterocycles. The van der Waals surface area contributed by atoms with Gasteiger partial charge in [-0.05, 0) is 43.4 Å². The highest BCUT2D eigenvalue weighted by Crippen LogP contribution is 2.22. The molecule has 0 aromatic carbocycles. The van der Waals surface area contributed by atoms with Crippen LogP contribution in [-0.2, 0) is 0 Å². The SMILES string of the molecule is C=C/C(C)=C(CC)\C(=C/C)CCC[NH+]=C. The van der Waals surface area contributed by atoms with Crippen LogP contribution in [0.25, 0.3) is 0 Å². The van der Waals surface area contributed by atoms with Crippen molar-refractivity contribution >= 4 is 6.72 Å². The largest absolute Gasteiger partial charge is 0.254 e. The van der Waals surface area contributed by atoms with Crippen LogP contribution < -0.4 is 4.99 Å². The number of nitrogens with one attached hydrogen (secondary N) is 1. The predicted octanol–water partition coefficient (Wildman–Crippen LogP) is 2.41. The van der Waals surface area contributed by atoms with E-state index in [1.54, 1.807) is 0 Å². The molecular formula is C14H24N+. The average molecular weight is 206 g/mol. The highest BCUT2D eigenvalue weighted by atomic mass is 14.7. The van der Waals surface area contributed by atoms with Crippen LogP contribution in [0.15, 0.2) is 35.5 Å². The molecule has 0 bridgehead atoms. The van der Waals surface area contributed by atoms with Crippen LogP contribution in [0.2, 0.25) is 0 Å². The average Bonchev–Trinajstić information content (AvgIpc) is 2.27. The molecule has 1 N–H and O–H groups in total. The van der Waals surface area contributed by atoms with Crippen LogP contribution in [-0.4, -0.2) is 13.3 Å². The summed E-state index contributed by atoms with van der Waals surface area (Å²) < 4.78 is 0. The first-order chi connectivity index (χ1) is 7.21. The van der Waals surface area contributed by atoms with Crippen molar-refractivity contribution in [2.75, 3.05) is 6.54 Å². The molecule has 15 heavy (non-hydrogen) atoms. The highest BCUT2D eigenvalue weighted by molar-refractivity contribution is 5.38. The van der Waals surface area contributed by atoms with Gasteiger partial charge in [0.25, 0.3) is 0 Å². The van der Waals surface area contributed by atoms with Gasteiger partial charge in [0.05, 0.1) is 0 Å². The standard InChI is InChI=1S/C14H23N/c1-6-12(4)14(8-3)13(7-2)10-9-11-15-5/h6-7H,1,5,8-11H2,2-4H3/p+1/b13-7-,14-12-. The fourth-order valence-corrected chi connectivity index (χ4v) is 1.76. The van der Waals surface area contributed by atoms with Crippen molar-refractivity contribution < 1.29 is 4.99 Å². The lowest BCUT2D eigenvalue weighted by molar-refractivity contribution is -0.447. The molecular weight excluding hydrogens is 182 g/mol. The van der Waals surface area contributed by atoms with E-state index in [1.165, 1.54) is 16.7 Å². The maximum atomic E-state index is 3.84. The maximum Gasteiger partial charge on any atom is 0.140 e. The molecule has 0 aromatic rings. The number of allylic oxidation sites excluding steroid dienone is 5. The van der Waals surface area contributed by atoms with Gasteiger partial charge in [0.2, 0.25) is 0 Å². The van der Waals surface area contributed by atoms with Crippen LogP contribution in [0.3, 0.4) is 0 Å². The summed E-state index contributed by atoms with van der Waals surface area (Å²) in [6.45, 7) is 14.9. The Morgan fingerprint density at radius 3 is 2.47 bits per heavy atom. The number of hydrogen-bond acceptors (Lipinski definition) is 0. The van der Waals surface area contributed by atoms with Crippen molar-refractivity contribution in [2.24, 2.45) is 0 Å². The summed E-state index contributed by atoms with van der Waals surface area (Å²) in [5.41, 5.74) is 4.19. The van der Waals surface area contributed by atoms with E-state index < -0.39 is 0 Å².